The molecule has 0 unspecified atom stereocenters. The SMILES string of the molecule is Cc1c(C)c(C)c(N(c2ccc(-c3cccc4c3Cc3ccccc3-4)cc2)c2cccc3oc4ccccc4c23)c(C)c1C. The molecule has 0 saturated heterocycles. The summed E-state index contributed by atoms with van der Waals surface area (Å²) < 4.78 is 6.36. The lowest BCUT2D eigenvalue weighted by Crippen LogP contribution is -2.15. The summed E-state index contributed by atoms with van der Waals surface area (Å²) in [7, 11) is 0. The Balaban J connectivity index is 1.34. The fourth-order valence-electron chi connectivity index (χ4n) is 7.36. The van der Waals surface area contributed by atoms with Crippen LogP contribution in [0.2, 0.25) is 0 Å². The fraction of sp³-hybridized carbons (Fsp3) is 0.143. The first-order valence-corrected chi connectivity index (χ1v) is 15.5. The molecule has 0 saturated carbocycles. The topological polar surface area (TPSA) is 16.4 Å². The molecule has 8 rings (SSSR count). The Labute approximate surface area is 259 Å². The van der Waals surface area contributed by atoms with Gasteiger partial charge in [-0.15, -0.1) is 0 Å². The van der Waals surface area contributed by atoms with Crippen LogP contribution < -0.4 is 4.90 Å². The van der Waals surface area contributed by atoms with Gasteiger partial charge in [-0.2, -0.15) is 0 Å². The normalized spacial score (nSPS) is 12.1. The van der Waals surface area contributed by atoms with E-state index in [1.54, 1.807) is 0 Å². The van der Waals surface area contributed by atoms with E-state index in [2.05, 4.69) is 143 Å². The Bertz CT molecular complexity index is 2220. The maximum Gasteiger partial charge on any atom is 0.137 e. The number of nitrogens with zero attached hydrogens (tertiary/aromatic N) is 1. The molecule has 44 heavy (non-hydrogen) atoms. The number of rotatable bonds is 4. The van der Waals surface area contributed by atoms with Crippen LogP contribution in [0.15, 0.2) is 114 Å². The van der Waals surface area contributed by atoms with Gasteiger partial charge in [0.15, 0.2) is 0 Å². The molecule has 0 N–H and O–H groups in total. The Kier molecular flexibility index (Phi) is 6.03. The molecule has 0 amide bonds. The van der Waals surface area contributed by atoms with E-state index >= 15 is 0 Å². The van der Waals surface area contributed by atoms with E-state index in [0.29, 0.717) is 0 Å². The van der Waals surface area contributed by atoms with E-state index in [0.717, 1.165) is 39.7 Å². The van der Waals surface area contributed by atoms with Crippen molar-refractivity contribution in [2.24, 2.45) is 0 Å². The summed E-state index contributed by atoms with van der Waals surface area (Å²) >= 11 is 0. The summed E-state index contributed by atoms with van der Waals surface area (Å²) in [5.74, 6) is 0. The fourth-order valence-corrected chi connectivity index (χ4v) is 7.36. The number of para-hydroxylation sites is 1. The van der Waals surface area contributed by atoms with Crippen molar-refractivity contribution in [1.29, 1.82) is 0 Å². The first kappa shape index (κ1) is 26.5. The third kappa shape index (κ3) is 3.87. The van der Waals surface area contributed by atoms with Crippen LogP contribution in [0.3, 0.4) is 0 Å². The molecule has 2 nitrogen and oxygen atoms in total. The maximum atomic E-state index is 6.36. The van der Waals surface area contributed by atoms with E-state index in [9.17, 15) is 0 Å². The zero-order chi connectivity index (χ0) is 30.1. The maximum absolute atomic E-state index is 6.36. The Hall–Kier alpha value is -5.08. The number of furan rings is 1. The largest absolute Gasteiger partial charge is 0.456 e. The van der Waals surface area contributed by atoms with E-state index in [4.69, 9.17) is 4.42 Å². The summed E-state index contributed by atoms with van der Waals surface area (Å²) in [5, 5.41) is 2.27. The second-order valence-corrected chi connectivity index (χ2v) is 12.3. The van der Waals surface area contributed by atoms with Crippen LogP contribution >= 0.6 is 0 Å². The Morgan fingerprint density at radius 2 is 1.14 bits per heavy atom. The van der Waals surface area contributed by atoms with Gasteiger partial charge in [-0.05, 0) is 133 Å². The zero-order valence-electron chi connectivity index (χ0n) is 26.0. The molecular weight excluding hydrogens is 534 g/mol. The molecule has 6 aromatic carbocycles. The smallest absolute Gasteiger partial charge is 0.137 e. The summed E-state index contributed by atoms with van der Waals surface area (Å²) in [5.41, 5.74) is 20.1. The molecule has 0 bridgehead atoms. The first-order valence-electron chi connectivity index (χ1n) is 15.5. The van der Waals surface area contributed by atoms with E-state index in [1.807, 2.05) is 6.07 Å². The van der Waals surface area contributed by atoms with Gasteiger partial charge >= 0.3 is 0 Å². The van der Waals surface area contributed by atoms with Gasteiger partial charge < -0.3 is 9.32 Å². The highest BCUT2D eigenvalue weighted by molar-refractivity contribution is 6.13. The third-order valence-electron chi connectivity index (χ3n) is 10.1. The molecule has 0 fully saturated rings. The second kappa shape index (κ2) is 9.99. The quantitative estimate of drug-likeness (QED) is 0.210. The highest BCUT2D eigenvalue weighted by Crippen LogP contribution is 2.47. The van der Waals surface area contributed by atoms with Crippen LogP contribution in [0.25, 0.3) is 44.2 Å². The van der Waals surface area contributed by atoms with Gasteiger partial charge in [0.2, 0.25) is 0 Å². The van der Waals surface area contributed by atoms with E-state index in [-0.39, 0.29) is 0 Å². The van der Waals surface area contributed by atoms with Crippen molar-refractivity contribution in [3.63, 3.8) is 0 Å². The van der Waals surface area contributed by atoms with E-state index < -0.39 is 0 Å². The lowest BCUT2D eigenvalue weighted by Gasteiger charge is -2.31. The molecule has 1 aliphatic rings. The van der Waals surface area contributed by atoms with Crippen molar-refractivity contribution >= 4 is 39.0 Å². The van der Waals surface area contributed by atoms with Crippen molar-refractivity contribution in [3.8, 4) is 22.3 Å². The highest BCUT2D eigenvalue weighted by atomic mass is 16.3. The van der Waals surface area contributed by atoms with Crippen LogP contribution in [0.1, 0.15) is 38.9 Å². The van der Waals surface area contributed by atoms with Gasteiger partial charge in [-0.3, -0.25) is 0 Å². The van der Waals surface area contributed by atoms with E-state index in [1.165, 1.54) is 66.9 Å². The van der Waals surface area contributed by atoms with Gasteiger partial charge in [0.05, 0.1) is 16.8 Å². The molecule has 2 heteroatoms. The summed E-state index contributed by atoms with van der Waals surface area (Å²) in [4.78, 5) is 2.46. The molecule has 1 heterocycles. The third-order valence-corrected chi connectivity index (χ3v) is 10.1. The number of anilines is 3. The standard InChI is InChI=1S/C42H35NO/c1-25-26(2)28(4)42(29(5)27(25)3)43(38-17-11-19-40-41(38)36-14-8-9-18-39(36)44-40)32-22-20-30(21-23-32)33-15-10-16-35-34-13-7-6-12-31(34)24-37(33)35/h6-23H,24H2,1-5H3. The van der Waals surface area contributed by atoms with Crippen LogP contribution in [-0.4, -0.2) is 0 Å². The summed E-state index contributed by atoms with van der Waals surface area (Å²) in [6.07, 6.45) is 0.978. The predicted octanol–water partition coefficient (Wildman–Crippen LogP) is 11.8. The molecular formula is C42H35NO. The molecule has 1 aliphatic carbocycles. The van der Waals surface area contributed by atoms with Gasteiger partial charge in [-0.1, -0.05) is 78.9 Å². The second-order valence-electron chi connectivity index (χ2n) is 12.3. The molecule has 214 valence electrons. The number of fused-ring (bicyclic) bond motifs is 6. The van der Waals surface area contributed by atoms with Gasteiger partial charge in [0, 0.05) is 11.1 Å². The van der Waals surface area contributed by atoms with Crippen LogP contribution in [0, 0.1) is 34.6 Å². The number of benzene rings is 6. The van der Waals surface area contributed by atoms with Crippen LogP contribution in [0.4, 0.5) is 17.1 Å². The molecule has 0 radical (unpaired) electrons. The van der Waals surface area contributed by atoms with Crippen LogP contribution in [-0.2, 0) is 6.42 Å². The lowest BCUT2D eigenvalue weighted by atomic mass is 9.91. The van der Waals surface area contributed by atoms with Gasteiger partial charge in [0.1, 0.15) is 11.2 Å². The van der Waals surface area contributed by atoms with Crippen molar-refractivity contribution < 1.29 is 4.42 Å². The predicted molar refractivity (Wildman–Crippen MR) is 186 cm³/mol. The lowest BCUT2D eigenvalue weighted by molar-refractivity contribution is 0.669. The zero-order valence-corrected chi connectivity index (χ0v) is 26.0. The first-order chi connectivity index (χ1) is 21.4. The minimum absolute atomic E-state index is 0.903. The monoisotopic (exact) mass is 569 g/mol. The molecule has 7 aromatic rings. The van der Waals surface area contributed by atoms with Crippen LogP contribution in [0.5, 0.6) is 0 Å². The summed E-state index contributed by atoms with van der Waals surface area (Å²) in [6.45, 7) is 11.3. The van der Waals surface area contributed by atoms with Gasteiger partial charge in [0.25, 0.3) is 0 Å². The van der Waals surface area contributed by atoms with Gasteiger partial charge in [-0.25, -0.2) is 0 Å². The molecule has 0 aliphatic heterocycles. The average molecular weight is 570 g/mol. The minimum Gasteiger partial charge on any atom is -0.456 e. The molecule has 0 spiro atoms. The Morgan fingerprint density at radius 1 is 0.523 bits per heavy atom. The van der Waals surface area contributed by atoms with Crippen molar-refractivity contribution in [3.05, 3.63) is 148 Å². The Morgan fingerprint density at radius 3 is 1.93 bits per heavy atom. The van der Waals surface area contributed by atoms with Crippen molar-refractivity contribution in [2.75, 3.05) is 4.90 Å². The van der Waals surface area contributed by atoms with Crippen molar-refractivity contribution in [2.45, 2.75) is 41.0 Å². The molecule has 1 aromatic heterocycles. The van der Waals surface area contributed by atoms with Crippen molar-refractivity contribution in [1.82, 2.24) is 0 Å². The highest BCUT2D eigenvalue weighted by Gasteiger charge is 2.25. The number of hydrogen-bond acceptors (Lipinski definition) is 2. The minimum atomic E-state index is 0.903. The summed E-state index contributed by atoms with van der Waals surface area (Å²) in [6, 6.07) is 39.5. The average Bonchev–Trinajstić information content (AvgIpc) is 3.64. The number of hydrogen-bond donors (Lipinski definition) is 0. The molecule has 0 atom stereocenters.